The van der Waals surface area contributed by atoms with Crippen LogP contribution in [-0.2, 0) is 17.6 Å². The number of aryl methyl sites for hydroxylation is 3. The van der Waals surface area contributed by atoms with Crippen molar-refractivity contribution in [1.29, 1.82) is 0 Å². The van der Waals surface area contributed by atoms with Gasteiger partial charge in [0, 0.05) is 12.4 Å². The predicted molar refractivity (Wildman–Crippen MR) is 97.3 cm³/mol. The lowest BCUT2D eigenvalue weighted by Crippen LogP contribution is -2.13. The van der Waals surface area contributed by atoms with E-state index in [1.807, 2.05) is 0 Å². The number of ether oxygens (including phenoxy) is 2. The lowest BCUT2D eigenvalue weighted by atomic mass is 9.79. The Kier molecular flexibility index (Phi) is 5.37. The molecule has 1 unspecified atom stereocenters. The number of aromatic nitrogens is 1. The number of esters is 1. The van der Waals surface area contributed by atoms with Gasteiger partial charge in [0.1, 0.15) is 5.75 Å². The number of fused-ring (bicyclic) bond motifs is 1. The molecular weight excluding hydrogens is 314 g/mol. The number of rotatable bonds is 5. The molecule has 1 aliphatic rings. The molecule has 132 valence electrons. The van der Waals surface area contributed by atoms with Crippen molar-refractivity contribution in [3.63, 3.8) is 0 Å². The van der Waals surface area contributed by atoms with E-state index in [2.05, 4.69) is 24.0 Å². The maximum atomic E-state index is 11.9. The van der Waals surface area contributed by atoms with E-state index in [9.17, 15) is 4.79 Å². The molecule has 0 N–H and O–H groups in total. The molecule has 0 amide bonds. The Labute approximate surface area is 149 Å². The molecule has 4 heteroatoms. The Bertz CT molecular complexity index is 770. The number of benzene rings is 1. The molecule has 3 rings (SSSR count). The molecule has 2 aromatic rings. The van der Waals surface area contributed by atoms with Crippen LogP contribution in [0, 0.1) is 6.92 Å². The van der Waals surface area contributed by atoms with Gasteiger partial charge in [-0.15, -0.1) is 0 Å². The van der Waals surface area contributed by atoms with E-state index in [-0.39, 0.29) is 5.97 Å². The van der Waals surface area contributed by atoms with Crippen LogP contribution in [0.5, 0.6) is 5.75 Å². The first-order chi connectivity index (χ1) is 12.1. The van der Waals surface area contributed by atoms with Gasteiger partial charge in [-0.25, -0.2) is 4.79 Å². The minimum atomic E-state index is -0.290. The van der Waals surface area contributed by atoms with Crippen molar-refractivity contribution in [3.8, 4) is 5.75 Å². The molecule has 0 bridgehead atoms. The fourth-order valence-corrected chi connectivity index (χ4v) is 3.83. The third kappa shape index (κ3) is 3.68. The van der Waals surface area contributed by atoms with Crippen LogP contribution in [0.2, 0.25) is 0 Å². The quantitative estimate of drug-likeness (QED) is 0.765. The number of carbonyl (C=O) groups excluding carboxylic acids is 1. The molecule has 0 fully saturated rings. The average molecular weight is 339 g/mol. The molecule has 0 saturated heterocycles. The smallest absolute Gasteiger partial charge is 0.338 e. The number of pyridine rings is 1. The molecule has 0 radical (unpaired) electrons. The second kappa shape index (κ2) is 7.68. The first-order valence-corrected chi connectivity index (χ1v) is 8.82. The summed E-state index contributed by atoms with van der Waals surface area (Å²) in [6, 6.07) is 6.22. The van der Waals surface area contributed by atoms with Crippen molar-refractivity contribution in [2.24, 2.45) is 0 Å². The largest absolute Gasteiger partial charge is 0.496 e. The summed E-state index contributed by atoms with van der Waals surface area (Å²) in [7, 11) is 3.14. The maximum Gasteiger partial charge on any atom is 0.338 e. The Morgan fingerprint density at radius 3 is 2.92 bits per heavy atom. The molecule has 1 aromatic carbocycles. The number of methoxy groups -OCH3 is 2. The fourth-order valence-electron chi connectivity index (χ4n) is 3.83. The van der Waals surface area contributed by atoms with Gasteiger partial charge in [0.25, 0.3) is 0 Å². The van der Waals surface area contributed by atoms with E-state index in [4.69, 9.17) is 9.47 Å². The molecular formula is C21H25NO3. The molecule has 25 heavy (non-hydrogen) atoms. The van der Waals surface area contributed by atoms with Crippen molar-refractivity contribution >= 4 is 5.97 Å². The standard InChI is InChI=1S/C21H25NO3/c1-14-11-19-15(5-4-6-16(19)12-20(14)24-2)7-8-17-13-22-10-9-18(17)21(23)25-3/h9-13,15H,4-8H2,1-3H3. The zero-order valence-electron chi connectivity index (χ0n) is 15.2. The van der Waals surface area contributed by atoms with E-state index in [0.29, 0.717) is 11.5 Å². The van der Waals surface area contributed by atoms with E-state index < -0.39 is 0 Å². The zero-order valence-corrected chi connectivity index (χ0v) is 15.2. The second-order valence-electron chi connectivity index (χ2n) is 6.67. The molecule has 1 aliphatic carbocycles. The third-order valence-electron chi connectivity index (χ3n) is 5.17. The monoisotopic (exact) mass is 339 g/mol. The number of hydrogen-bond donors (Lipinski definition) is 0. The average Bonchev–Trinajstić information content (AvgIpc) is 2.65. The topological polar surface area (TPSA) is 48.4 Å². The Morgan fingerprint density at radius 1 is 1.32 bits per heavy atom. The molecule has 1 aromatic heterocycles. The van der Waals surface area contributed by atoms with Crippen LogP contribution in [0.4, 0.5) is 0 Å². The van der Waals surface area contributed by atoms with Gasteiger partial charge in [0.15, 0.2) is 0 Å². The van der Waals surface area contributed by atoms with E-state index in [1.165, 1.54) is 36.6 Å². The van der Waals surface area contributed by atoms with Crippen LogP contribution in [0.1, 0.15) is 57.8 Å². The molecule has 0 spiro atoms. The maximum absolute atomic E-state index is 11.9. The van der Waals surface area contributed by atoms with Crippen LogP contribution >= 0.6 is 0 Å². The van der Waals surface area contributed by atoms with Crippen molar-refractivity contribution in [2.45, 2.75) is 44.9 Å². The highest BCUT2D eigenvalue weighted by Gasteiger charge is 2.22. The fraction of sp³-hybridized carbons (Fsp3) is 0.429. The predicted octanol–water partition coefficient (Wildman–Crippen LogP) is 4.24. The Balaban J connectivity index is 1.80. The first kappa shape index (κ1) is 17.5. The van der Waals surface area contributed by atoms with Gasteiger partial charge >= 0.3 is 5.97 Å². The number of nitrogens with zero attached hydrogens (tertiary/aromatic N) is 1. The van der Waals surface area contributed by atoms with Crippen LogP contribution in [-0.4, -0.2) is 25.2 Å². The molecule has 0 aliphatic heterocycles. The van der Waals surface area contributed by atoms with Crippen molar-refractivity contribution in [2.75, 3.05) is 14.2 Å². The Hall–Kier alpha value is -2.36. The van der Waals surface area contributed by atoms with Crippen LogP contribution < -0.4 is 4.74 Å². The molecule has 1 atom stereocenters. The summed E-state index contributed by atoms with van der Waals surface area (Å²) in [6.07, 6.45) is 8.76. The summed E-state index contributed by atoms with van der Waals surface area (Å²) in [6.45, 7) is 2.10. The summed E-state index contributed by atoms with van der Waals surface area (Å²) >= 11 is 0. The van der Waals surface area contributed by atoms with Crippen LogP contribution in [0.15, 0.2) is 30.6 Å². The summed E-state index contributed by atoms with van der Waals surface area (Å²) in [5.41, 5.74) is 5.61. The normalized spacial score (nSPS) is 16.2. The van der Waals surface area contributed by atoms with Crippen molar-refractivity contribution in [1.82, 2.24) is 4.98 Å². The van der Waals surface area contributed by atoms with E-state index >= 15 is 0 Å². The van der Waals surface area contributed by atoms with Gasteiger partial charge in [-0.1, -0.05) is 6.07 Å². The van der Waals surface area contributed by atoms with Gasteiger partial charge in [-0.2, -0.15) is 0 Å². The minimum Gasteiger partial charge on any atom is -0.496 e. The summed E-state index contributed by atoms with van der Waals surface area (Å²) < 4.78 is 10.4. The summed E-state index contributed by atoms with van der Waals surface area (Å²) in [5, 5.41) is 0. The van der Waals surface area contributed by atoms with E-state index in [0.717, 1.165) is 30.6 Å². The lowest BCUT2D eigenvalue weighted by molar-refractivity contribution is 0.0599. The minimum absolute atomic E-state index is 0.290. The van der Waals surface area contributed by atoms with Crippen LogP contribution in [0.3, 0.4) is 0 Å². The van der Waals surface area contributed by atoms with Crippen LogP contribution in [0.25, 0.3) is 0 Å². The number of hydrogen-bond acceptors (Lipinski definition) is 4. The highest BCUT2D eigenvalue weighted by atomic mass is 16.5. The van der Waals surface area contributed by atoms with Gasteiger partial charge in [-0.3, -0.25) is 4.98 Å². The molecule has 4 nitrogen and oxygen atoms in total. The Morgan fingerprint density at radius 2 is 2.16 bits per heavy atom. The highest BCUT2D eigenvalue weighted by molar-refractivity contribution is 5.90. The van der Waals surface area contributed by atoms with Gasteiger partial charge in [0.05, 0.1) is 19.8 Å². The number of carbonyl (C=O) groups is 1. The lowest BCUT2D eigenvalue weighted by Gasteiger charge is -2.27. The molecule has 0 saturated carbocycles. The third-order valence-corrected chi connectivity index (χ3v) is 5.17. The summed E-state index contributed by atoms with van der Waals surface area (Å²) in [5.74, 6) is 1.20. The SMILES string of the molecule is COC(=O)c1ccncc1CCC1CCCc2cc(OC)c(C)cc21. The van der Waals surface area contributed by atoms with Crippen molar-refractivity contribution < 1.29 is 14.3 Å². The summed E-state index contributed by atoms with van der Waals surface area (Å²) in [4.78, 5) is 16.1. The van der Waals surface area contributed by atoms with E-state index in [1.54, 1.807) is 25.6 Å². The van der Waals surface area contributed by atoms with Gasteiger partial charge in [-0.05, 0) is 79.3 Å². The zero-order chi connectivity index (χ0) is 17.8. The van der Waals surface area contributed by atoms with Gasteiger partial charge in [0.2, 0.25) is 0 Å². The first-order valence-electron chi connectivity index (χ1n) is 8.82. The highest BCUT2D eigenvalue weighted by Crippen LogP contribution is 2.38. The molecule has 1 heterocycles. The van der Waals surface area contributed by atoms with Gasteiger partial charge < -0.3 is 9.47 Å². The second-order valence-corrected chi connectivity index (χ2v) is 6.67. The van der Waals surface area contributed by atoms with Crippen molar-refractivity contribution in [3.05, 3.63) is 58.4 Å².